The van der Waals surface area contributed by atoms with Crippen LogP contribution in [-0.4, -0.2) is 16.9 Å². The molecule has 0 bridgehead atoms. The molecule has 1 saturated carbocycles. The molecule has 1 aliphatic carbocycles. The number of nitrogens with one attached hydrogen (secondary N) is 2. The number of aromatic nitrogens is 1. The van der Waals surface area contributed by atoms with Crippen LogP contribution in [0, 0.1) is 0 Å². The molecule has 1 fully saturated rings. The monoisotopic (exact) mass is 311 g/mol. The summed E-state index contributed by atoms with van der Waals surface area (Å²) in [6.45, 7) is 1.46. The molecule has 0 atom stereocenters. The Labute approximate surface area is 136 Å². The van der Waals surface area contributed by atoms with Crippen LogP contribution in [0.4, 0.5) is 11.4 Å². The van der Waals surface area contributed by atoms with Crippen molar-refractivity contribution in [3.05, 3.63) is 42.7 Å². The van der Waals surface area contributed by atoms with E-state index in [0.717, 1.165) is 11.4 Å². The molecular formula is C18H21N3O2. The molecule has 0 aliphatic heterocycles. The van der Waals surface area contributed by atoms with E-state index in [-0.39, 0.29) is 5.91 Å². The van der Waals surface area contributed by atoms with E-state index in [1.165, 1.54) is 32.6 Å². The van der Waals surface area contributed by atoms with Gasteiger partial charge < -0.3 is 15.4 Å². The molecule has 1 heterocycles. The van der Waals surface area contributed by atoms with Gasteiger partial charge in [0.05, 0.1) is 18.1 Å². The van der Waals surface area contributed by atoms with Crippen molar-refractivity contribution in [2.75, 3.05) is 10.6 Å². The van der Waals surface area contributed by atoms with E-state index in [2.05, 4.69) is 15.6 Å². The maximum Gasteiger partial charge on any atom is 0.221 e. The highest BCUT2D eigenvalue weighted by Crippen LogP contribution is 2.26. The minimum Gasteiger partial charge on any atom is -0.456 e. The number of carbonyl (C=O) groups excluding carboxylic acids is 1. The van der Waals surface area contributed by atoms with Gasteiger partial charge in [-0.05, 0) is 37.1 Å². The first-order valence-electron chi connectivity index (χ1n) is 7.96. The van der Waals surface area contributed by atoms with Crippen LogP contribution < -0.4 is 15.4 Å². The van der Waals surface area contributed by atoms with Crippen LogP contribution in [0.2, 0.25) is 0 Å². The first-order chi connectivity index (χ1) is 11.2. The summed E-state index contributed by atoms with van der Waals surface area (Å²) in [7, 11) is 0. The lowest BCUT2D eigenvalue weighted by atomic mass is 10.2. The lowest BCUT2D eigenvalue weighted by molar-refractivity contribution is -0.114. The number of ether oxygens (including phenoxy) is 1. The van der Waals surface area contributed by atoms with Gasteiger partial charge in [-0.15, -0.1) is 0 Å². The fraction of sp³-hybridized carbons (Fsp3) is 0.333. The minimum absolute atomic E-state index is 0.133. The molecule has 0 radical (unpaired) electrons. The smallest absolute Gasteiger partial charge is 0.221 e. The van der Waals surface area contributed by atoms with Gasteiger partial charge in [-0.1, -0.05) is 12.8 Å². The van der Waals surface area contributed by atoms with Gasteiger partial charge in [-0.25, -0.2) is 0 Å². The van der Waals surface area contributed by atoms with Crippen LogP contribution >= 0.6 is 0 Å². The summed E-state index contributed by atoms with van der Waals surface area (Å²) in [5.74, 6) is 1.20. The van der Waals surface area contributed by atoms with Crippen molar-refractivity contribution in [1.82, 2.24) is 4.98 Å². The van der Waals surface area contributed by atoms with E-state index in [9.17, 15) is 4.79 Å². The Bertz CT molecular complexity index is 664. The van der Waals surface area contributed by atoms with Gasteiger partial charge in [0.15, 0.2) is 0 Å². The van der Waals surface area contributed by atoms with Crippen LogP contribution in [0.15, 0.2) is 42.7 Å². The summed E-state index contributed by atoms with van der Waals surface area (Å²) in [5.41, 5.74) is 1.74. The summed E-state index contributed by atoms with van der Waals surface area (Å²) in [4.78, 5) is 15.1. The number of rotatable bonds is 5. The Morgan fingerprint density at radius 3 is 2.52 bits per heavy atom. The summed E-state index contributed by atoms with van der Waals surface area (Å²) in [6, 6.07) is 10.3. The second-order valence-electron chi connectivity index (χ2n) is 5.84. The predicted molar refractivity (Wildman–Crippen MR) is 90.9 cm³/mol. The molecule has 1 aromatic heterocycles. The van der Waals surface area contributed by atoms with Gasteiger partial charge in [-0.2, -0.15) is 0 Å². The van der Waals surface area contributed by atoms with Crippen molar-refractivity contribution >= 4 is 17.3 Å². The van der Waals surface area contributed by atoms with E-state index in [1.54, 1.807) is 18.5 Å². The first-order valence-corrected chi connectivity index (χ1v) is 7.96. The molecular weight excluding hydrogens is 290 g/mol. The van der Waals surface area contributed by atoms with Gasteiger partial charge >= 0.3 is 0 Å². The minimum atomic E-state index is -0.133. The lowest BCUT2D eigenvalue weighted by Crippen LogP contribution is -2.14. The molecule has 0 spiro atoms. The Kier molecular flexibility index (Phi) is 4.76. The molecule has 2 N–H and O–H groups in total. The number of amides is 1. The summed E-state index contributed by atoms with van der Waals surface area (Å²) in [5, 5.41) is 6.24. The largest absolute Gasteiger partial charge is 0.456 e. The molecule has 1 aliphatic rings. The molecule has 3 rings (SSSR count). The second kappa shape index (κ2) is 7.13. The Balaban J connectivity index is 1.62. The highest BCUT2D eigenvalue weighted by atomic mass is 16.5. The quantitative estimate of drug-likeness (QED) is 0.869. The fourth-order valence-electron chi connectivity index (χ4n) is 2.81. The maximum atomic E-state index is 11.1. The van der Waals surface area contributed by atoms with Crippen molar-refractivity contribution in [2.24, 2.45) is 0 Å². The van der Waals surface area contributed by atoms with E-state index in [0.29, 0.717) is 17.5 Å². The number of hydrogen-bond donors (Lipinski definition) is 2. The van der Waals surface area contributed by atoms with Gasteiger partial charge in [0.1, 0.15) is 11.5 Å². The van der Waals surface area contributed by atoms with Crippen molar-refractivity contribution in [3.8, 4) is 11.5 Å². The van der Waals surface area contributed by atoms with Crippen molar-refractivity contribution in [3.63, 3.8) is 0 Å². The third kappa shape index (κ3) is 4.45. The number of hydrogen-bond acceptors (Lipinski definition) is 4. The zero-order valence-electron chi connectivity index (χ0n) is 13.2. The Morgan fingerprint density at radius 2 is 1.83 bits per heavy atom. The number of nitrogens with zero attached hydrogens (tertiary/aromatic N) is 1. The molecule has 1 amide bonds. The highest BCUT2D eigenvalue weighted by Gasteiger charge is 2.14. The normalized spacial score (nSPS) is 14.5. The van der Waals surface area contributed by atoms with E-state index in [1.807, 2.05) is 24.3 Å². The number of benzene rings is 1. The third-order valence-electron chi connectivity index (χ3n) is 3.85. The average Bonchev–Trinajstić information content (AvgIpc) is 3.02. The zero-order valence-corrected chi connectivity index (χ0v) is 13.2. The molecule has 23 heavy (non-hydrogen) atoms. The molecule has 5 nitrogen and oxygen atoms in total. The second-order valence-corrected chi connectivity index (χ2v) is 5.84. The van der Waals surface area contributed by atoms with Gasteiger partial charge in [0.25, 0.3) is 0 Å². The summed E-state index contributed by atoms with van der Waals surface area (Å²) in [6.07, 6.45) is 8.34. The predicted octanol–water partition coefficient (Wildman–Crippen LogP) is 4.19. The van der Waals surface area contributed by atoms with Crippen LogP contribution in [-0.2, 0) is 4.79 Å². The number of anilines is 2. The number of pyridine rings is 1. The van der Waals surface area contributed by atoms with Crippen LogP contribution in [0.3, 0.4) is 0 Å². The molecule has 0 unspecified atom stereocenters. The molecule has 120 valence electrons. The molecule has 5 heteroatoms. The van der Waals surface area contributed by atoms with E-state index in [4.69, 9.17) is 4.74 Å². The van der Waals surface area contributed by atoms with Crippen molar-refractivity contribution in [2.45, 2.75) is 38.6 Å². The van der Waals surface area contributed by atoms with E-state index >= 15 is 0 Å². The van der Waals surface area contributed by atoms with E-state index < -0.39 is 0 Å². The van der Waals surface area contributed by atoms with Crippen LogP contribution in [0.25, 0.3) is 0 Å². The topological polar surface area (TPSA) is 63.2 Å². The molecule has 0 saturated heterocycles. The standard InChI is InChI=1S/C18H21N3O2/c1-13(22)20-16-10-18(12-19-11-16)23-17-8-6-15(7-9-17)21-14-4-2-3-5-14/h6-12,14,21H,2-5H2,1H3,(H,20,22). The third-order valence-corrected chi connectivity index (χ3v) is 3.85. The summed E-state index contributed by atoms with van der Waals surface area (Å²) >= 11 is 0. The van der Waals surface area contributed by atoms with Crippen molar-refractivity contribution in [1.29, 1.82) is 0 Å². The molecule has 2 aromatic rings. The highest BCUT2D eigenvalue weighted by molar-refractivity contribution is 5.88. The molecule has 1 aromatic carbocycles. The van der Waals surface area contributed by atoms with Gasteiger partial charge in [-0.3, -0.25) is 9.78 Å². The lowest BCUT2D eigenvalue weighted by Gasteiger charge is -2.14. The number of carbonyl (C=O) groups is 1. The summed E-state index contributed by atoms with van der Waals surface area (Å²) < 4.78 is 5.78. The Morgan fingerprint density at radius 1 is 1.09 bits per heavy atom. The first kappa shape index (κ1) is 15.3. The average molecular weight is 311 g/mol. The van der Waals surface area contributed by atoms with Gasteiger partial charge in [0, 0.05) is 24.7 Å². The maximum absolute atomic E-state index is 11.1. The van der Waals surface area contributed by atoms with Crippen LogP contribution in [0.1, 0.15) is 32.6 Å². The van der Waals surface area contributed by atoms with Crippen LogP contribution in [0.5, 0.6) is 11.5 Å². The SMILES string of the molecule is CC(=O)Nc1cncc(Oc2ccc(NC3CCCC3)cc2)c1. The Hall–Kier alpha value is -2.56. The fourth-order valence-corrected chi connectivity index (χ4v) is 2.81. The van der Waals surface area contributed by atoms with Crippen molar-refractivity contribution < 1.29 is 9.53 Å². The zero-order chi connectivity index (χ0) is 16.1. The van der Waals surface area contributed by atoms with Gasteiger partial charge in [0.2, 0.25) is 5.91 Å².